The third-order valence-corrected chi connectivity index (χ3v) is 3.55. The van der Waals surface area contributed by atoms with Crippen LogP contribution in [0.1, 0.15) is 31.9 Å². The molecular formula is C14H22N2O2. The second-order valence-electron chi connectivity index (χ2n) is 5.88. The number of hydrazine groups is 1. The second-order valence-corrected chi connectivity index (χ2v) is 5.88. The van der Waals surface area contributed by atoms with Crippen molar-refractivity contribution in [2.45, 2.75) is 31.7 Å². The highest BCUT2D eigenvalue weighted by Gasteiger charge is 2.42. The van der Waals surface area contributed by atoms with E-state index in [0.29, 0.717) is 13.2 Å². The van der Waals surface area contributed by atoms with Crippen LogP contribution >= 0.6 is 0 Å². The molecule has 2 rings (SSSR count). The predicted molar refractivity (Wildman–Crippen MR) is 71.5 cm³/mol. The number of ether oxygens (including phenoxy) is 2. The summed E-state index contributed by atoms with van der Waals surface area (Å²) in [6, 6.07) is 6.28. The Hall–Kier alpha value is -1.10. The van der Waals surface area contributed by atoms with Crippen molar-refractivity contribution in [2.24, 2.45) is 5.84 Å². The molecule has 0 unspecified atom stereocenters. The monoisotopic (exact) mass is 250 g/mol. The molecule has 0 bridgehead atoms. The van der Waals surface area contributed by atoms with E-state index < -0.39 is 0 Å². The largest absolute Gasteiger partial charge is 0.496 e. The molecule has 0 radical (unpaired) electrons. The van der Waals surface area contributed by atoms with E-state index in [0.717, 1.165) is 11.3 Å². The van der Waals surface area contributed by atoms with Gasteiger partial charge in [-0.3, -0.25) is 5.84 Å². The lowest BCUT2D eigenvalue weighted by Gasteiger charge is -2.42. The Morgan fingerprint density at radius 1 is 1.33 bits per heavy atom. The van der Waals surface area contributed by atoms with Gasteiger partial charge >= 0.3 is 0 Å². The summed E-state index contributed by atoms with van der Waals surface area (Å²) in [5.74, 6) is 6.55. The van der Waals surface area contributed by atoms with Gasteiger partial charge in [0, 0.05) is 5.56 Å². The third-order valence-electron chi connectivity index (χ3n) is 3.55. The SMILES string of the molecule is COc1ccc(C(C)(C)C)cc1C1(NN)COC1. The molecule has 4 heteroatoms. The molecule has 0 saturated carbocycles. The van der Waals surface area contributed by atoms with E-state index >= 15 is 0 Å². The van der Waals surface area contributed by atoms with Crippen LogP contribution in [0.15, 0.2) is 18.2 Å². The summed E-state index contributed by atoms with van der Waals surface area (Å²) in [4.78, 5) is 0. The van der Waals surface area contributed by atoms with Gasteiger partial charge < -0.3 is 9.47 Å². The van der Waals surface area contributed by atoms with Gasteiger partial charge in [0.2, 0.25) is 0 Å². The maximum Gasteiger partial charge on any atom is 0.124 e. The molecule has 0 atom stereocenters. The van der Waals surface area contributed by atoms with E-state index in [1.54, 1.807) is 7.11 Å². The Bertz CT molecular complexity index is 428. The number of hydrogen-bond donors (Lipinski definition) is 2. The molecule has 18 heavy (non-hydrogen) atoms. The number of hydrogen-bond acceptors (Lipinski definition) is 4. The molecule has 1 saturated heterocycles. The maximum absolute atomic E-state index is 5.70. The lowest BCUT2D eigenvalue weighted by atomic mass is 9.81. The quantitative estimate of drug-likeness (QED) is 0.633. The summed E-state index contributed by atoms with van der Waals surface area (Å²) >= 11 is 0. The number of benzene rings is 1. The van der Waals surface area contributed by atoms with Gasteiger partial charge in [0.15, 0.2) is 0 Å². The van der Waals surface area contributed by atoms with E-state index in [2.05, 4.69) is 38.3 Å². The highest BCUT2D eigenvalue weighted by atomic mass is 16.5. The van der Waals surface area contributed by atoms with Crippen LogP contribution in [0.4, 0.5) is 0 Å². The topological polar surface area (TPSA) is 56.5 Å². The lowest BCUT2D eigenvalue weighted by molar-refractivity contribution is -0.0796. The van der Waals surface area contributed by atoms with Crippen LogP contribution in [0, 0.1) is 0 Å². The molecule has 0 aromatic heterocycles. The molecule has 4 nitrogen and oxygen atoms in total. The van der Waals surface area contributed by atoms with E-state index in [9.17, 15) is 0 Å². The summed E-state index contributed by atoms with van der Waals surface area (Å²) in [6.07, 6.45) is 0. The molecule has 100 valence electrons. The molecule has 0 aliphatic carbocycles. The van der Waals surface area contributed by atoms with Crippen molar-refractivity contribution in [3.8, 4) is 5.75 Å². The van der Waals surface area contributed by atoms with Gasteiger partial charge in [-0.2, -0.15) is 0 Å². The first-order valence-electron chi connectivity index (χ1n) is 6.17. The average molecular weight is 250 g/mol. The lowest BCUT2D eigenvalue weighted by Crippen LogP contribution is -2.60. The molecule has 0 amide bonds. The van der Waals surface area contributed by atoms with Crippen LogP contribution < -0.4 is 16.0 Å². The summed E-state index contributed by atoms with van der Waals surface area (Å²) in [5.41, 5.74) is 5.00. The summed E-state index contributed by atoms with van der Waals surface area (Å²) < 4.78 is 10.8. The zero-order valence-corrected chi connectivity index (χ0v) is 11.5. The van der Waals surface area contributed by atoms with Gasteiger partial charge in [0.1, 0.15) is 11.3 Å². The minimum atomic E-state index is -0.313. The van der Waals surface area contributed by atoms with Crippen molar-refractivity contribution in [2.75, 3.05) is 20.3 Å². The minimum absolute atomic E-state index is 0.0986. The maximum atomic E-state index is 5.70. The van der Waals surface area contributed by atoms with Crippen molar-refractivity contribution in [1.82, 2.24) is 5.43 Å². The van der Waals surface area contributed by atoms with E-state index in [-0.39, 0.29) is 11.0 Å². The fourth-order valence-corrected chi connectivity index (χ4v) is 2.17. The molecule has 1 aliphatic heterocycles. The highest BCUT2D eigenvalue weighted by Crippen LogP contribution is 2.37. The first-order valence-corrected chi connectivity index (χ1v) is 6.17. The normalized spacial score (nSPS) is 18.3. The zero-order chi connectivity index (χ0) is 13.4. The van der Waals surface area contributed by atoms with Crippen LogP contribution in [-0.4, -0.2) is 20.3 Å². The Kier molecular flexibility index (Phi) is 3.36. The van der Waals surface area contributed by atoms with E-state index in [4.69, 9.17) is 15.3 Å². The average Bonchev–Trinajstić information content (AvgIpc) is 2.27. The minimum Gasteiger partial charge on any atom is -0.496 e. The molecule has 0 spiro atoms. The second kappa shape index (κ2) is 4.53. The van der Waals surface area contributed by atoms with Gasteiger partial charge in [0.05, 0.1) is 20.3 Å². The van der Waals surface area contributed by atoms with Crippen LogP contribution in [0.2, 0.25) is 0 Å². The number of methoxy groups -OCH3 is 1. The highest BCUT2D eigenvalue weighted by molar-refractivity contribution is 5.45. The fraction of sp³-hybridized carbons (Fsp3) is 0.571. The first-order chi connectivity index (χ1) is 8.43. The summed E-state index contributed by atoms with van der Waals surface area (Å²) in [5, 5.41) is 0. The van der Waals surface area contributed by atoms with Crippen molar-refractivity contribution in [1.29, 1.82) is 0 Å². The molecule has 1 aromatic carbocycles. The standard InChI is InChI=1S/C14H22N2O2/c1-13(2,3)10-5-6-12(17-4)11(7-10)14(16-15)8-18-9-14/h5-7,16H,8-9,15H2,1-4H3. The molecule has 1 aromatic rings. The Labute approximate surface area is 108 Å². The van der Waals surface area contributed by atoms with Crippen LogP contribution in [-0.2, 0) is 15.7 Å². The van der Waals surface area contributed by atoms with Gasteiger partial charge in [-0.1, -0.05) is 26.8 Å². The van der Waals surface area contributed by atoms with E-state index in [1.807, 2.05) is 6.07 Å². The smallest absolute Gasteiger partial charge is 0.124 e. The van der Waals surface area contributed by atoms with Gasteiger partial charge in [-0.25, -0.2) is 5.43 Å². The third kappa shape index (κ3) is 2.11. The first kappa shape index (κ1) is 13.3. The Morgan fingerprint density at radius 3 is 2.39 bits per heavy atom. The fourth-order valence-electron chi connectivity index (χ4n) is 2.17. The van der Waals surface area contributed by atoms with Gasteiger partial charge in [0.25, 0.3) is 0 Å². The van der Waals surface area contributed by atoms with Crippen molar-refractivity contribution in [3.63, 3.8) is 0 Å². The molecule has 1 heterocycles. The summed E-state index contributed by atoms with van der Waals surface area (Å²) in [6.45, 7) is 7.73. The van der Waals surface area contributed by atoms with Crippen LogP contribution in [0.3, 0.4) is 0 Å². The molecule has 1 aliphatic rings. The van der Waals surface area contributed by atoms with Gasteiger partial charge in [-0.15, -0.1) is 0 Å². The molecule has 1 fully saturated rings. The van der Waals surface area contributed by atoms with Crippen molar-refractivity contribution < 1.29 is 9.47 Å². The number of rotatable bonds is 3. The van der Waals surface area contributed by atoms with Gasteiger partial charge in [-0.05, 0) is 23.1 Å². The summed E-state index contributed by atoms with van der Waals surface area (Å²) in [7, 11) is 1.68. The zero-order valence-electron chi connectivity index (χ0n) is 11.5. The van der Waals surface area contributed by atoms with E-state index in [1.165, 1.54) is 5.56 Å². The number of nitrogens with two attached hydrogens (primary N) is 1. The predicted octanol–water partition coefficient (Wildman–Crippen LogP) is 1.68. The Morgan fingerprint density at radius 2 is 2.00 bits per heavy atom. The van der Waals surface area contributed by atoms with Crippen molar-refractivity contribution in [3.05, 3.63) is 29.3 Å². The molecular weight excluding hydrogens is 228 g/mol. The Balaban J connectivity index is 2.49. The van der Waals surface area contributed by atoms with Crippen LogP contribution in [0.5, 0.6) is 5.75 Å². The number of nitrogens with one attached hydrogen (secondary N) is 1. The molecule has 3 N–H and O–H groups in total. The van der Waals surface area contributed by atoms with Crippen LogP contribution in [0.25, 0.3) is 0 Å². The van der Waals surface area contributed by atoms with Crippen molar-refractivity contribution >= 4 is 0 Å².